The molecule has 1 aliphatic rings. The molecule has 7 heteroatoms. The summed E-state index contributed by atoms with van der Waals surface area (Å²) >= 11 is 1.86. The average Bonchev–Trinajstić information content (AvgIpc) is 2.76. The summed E-state index contributed by atoms with van der Waals surface area (Å²) < 4.78 is 0. The van der Waals surface area contributed by atoms with Crippen molar-refractivity contribution in [1.29, 1.82) is 0 Å². The topological polar surface area (TPSA) is 72.9 Å². The van der Waals surface area contributed by atoms with Gasteiger partial charge in [-0.05, 0) is 23.4 Å². The zero-order chi connectivity index (χ0) is 12.5. The van der Waals surface area contributed by atoms with Crippen molar-refractivity contribution in [2.75, 3.05) is 22.9 Å². The number of nitrogen functional groups attached to an aromatic ring is 1. The molecular weight excluding hydrogens is 248 g/mol. The van der Waals surface area contributed by atoms with Crippen LogP contribution in [0.1, 0.15) is 5.82 Å². The molecule has 0 saturated carbocycles. The van der Waals surface area contributed by atoms with Gasteiger partial charge < -0.3 is 10.6 Å². The molecule has 0 amide bonds. The van der Waals surface area contributed by atoms with Crippen LogP contribution in [0.4, 0.5) is 11.4 Å². The van der Waals surface area contributed by atoms with Crippen molar-refractivity contribution in [2.24, 2.45) is 7.05 Å². The molecule has 94 valence electrons. The molecular formula is C11H14N6S. The van der Waals surface area contributed by atoms with E-state index >= 15 is 0 Å². The predicted octanol–water partition coefficient (Wildman–Crippen LogP) is 0.905. The van der Waals surface area contributed by atoms with Gasteiger partial charge in [0.25, 0.3) is 0 Å². The van der Waals surface area contributed by atoms with Crippen LogP contribution in [0.15, 0.2) is 23.1 Å². The van der Waals surface area contributed by atoms with E-state index in [-0.39, 0.29) is 0 Å². The van der Waals surface area contributed by atoms with Gasteiger partial charge in [-0.15, -0.1) is 22.0 Å². The smallest absolute Gasteiger partial charge is 0.193 e. The van der Waals surface area contributed by atoms with Crippen molar-refractivity contribution >= 4 is 23.1 Å². The quantitative estimate of drug-likeness (QED) is 0.811. The molecule has 0 spiro atoms. The van der Waals surface area contributed by atoms with Gasteiger partial charge in [-0.3, -0.25) is 0 Å². The molecule has 2 aromatic rings. The fourth-order valence-corrected chi connectivity index (χ4v) is 3.04. The van der Waals surface area contributed by atoms with E-state index in [4.69, 9.17) is 5.73 Å². The molecule has 1 aliphatic heterocycles. The maximum Gasteiger partial charge on any atom is 0.193 e. The molecule has 1 aromatic heterocycles. The number of tetrazole rings is 1. The van der Waals surface area contributed by atoms with Crippen LogP contribution in [0.5, 0.6) is 0 Å². The second kappa shape index (κ2) is 4.49. The Labute approximate surface area is 109 Å². The third-order valence-electron chi connectivity index (χ3n) is 2.82. The normalized spacial score (nSPS) is 14.6. The number of aryl methyl sites for hydroxylation is 1. The molecule has 0 unspecified atom stereocenters. The maximum absolute atomic E-state index is 5.86. The van der Waals surface area contributed by atoms with Gasteiger partial charge in [0.2, 0.25) is 0 Å². The molecule has 0 radical (unpaired) electrons. The monoisotopic (exact) mass is 262 g/mol. The molecule has 6 nitrogen and oxygen atoms in total. The summed E-state index contributed by atoms with van der Waals surface area (Å²) in [6, 6.07) is 6.03. The van der Waals surface area contributed by atoms with Crippen molar-refractivity contribution in [3.05, 3.63) is 24.0 Å². The van der Waals surface area contributed by atoms with Crippen LogP contribution in [0.3, 0.4) is 0 Å². The maximum atomic E-state index is 5.86. The van der Waals surface area contributed by atoms with Gasteiger partial charge in [0, 0.05) is 22.9 Å². The van der Waals surface area contributed by atoms with E-state index in [9.17, 15) is 0 Å². The second-order valence-corrected chi connectivity index (χ2v) is 5.33. The van der Waals surface area contributed by atoms with E-state index in [2.05, 4.69) is 26.4 Å². The molecule has 2 heterocycles. The zero-order valence-corrected chi connectivity index (χ0v) is 10.9. The van der Waals surface area contributed by atoms with Crippen LogP contribution in [0.25, 0.3) is 0 Å². The van der Waals surface area contributed by atoms with Crippen LogP contribution in [-0.2, 0) is 13.6 Å². The Hall–Kier alpha value is -1.76. The van der Waals surface area contributed by atoms with Crippen LogP contribution in [0, 0.1) is 0 Å². The first kappa shape index (κ1) is 11.3. The lowest BCUT2D eigenvalue weighted by molar-refractivity contribution is 0.626. The van der Waals surface area contributed by atoms with E-state index < -0.39 is 0 Å². The van der Waals surface area contributed by atoms with Gasteiger partial charge in [0.1, 0.15) is 0 Å². The number of hydrogen-bond donors (Lipinski definition) is 1. The number of hydrogen-bond acceptors (Lipinski definition) is 6. The minimum absolute atomic E-state index is 0.671. The van der Waals surface area contributed by atoms with Gasteiger partial charge in [0.05, 0.1) is 19.3 Å². The Morgan fingerprint density at radius 2 is 2.33 bits per heavy atom. The zero-order valence-electron chi connectivity index (χ0n) is 10.1. The number of nitrogens with two attached hydrogens (primary N) is 1. The molecule has 2 N–H and O–H groups in total. The van der Waals surface area contributed by atoms with Crippen LogP contribution >= 0.6 is 11.8 Å². The van der Waals surface area contributed by atoms with E-state index in [0.29, 0.717) is 6.54 Å². The van der Waals surface area contributed by atoms with Gasteiger partial charge in [-0.1, -0.05) is 0 Å². The minimum Gasteiger partial charge on any atom is -0.399 e. The van der Waals surface area contributed by atoms with Gasteiger partial charge in [0.15, 0.2) is 5.82 Å². The lowest BCUT2D eigenvalue weighted by atomic mass is 10.2. The molecule has 0 atom stereocenters. The standard InChI is InChI=1S/C11H14N6S/c1-16-14-11(13-15-16)7-17-4-5-18-10-3-2-8(12)6-9(10)17/h2-3,6H,4-5,7,12H2,1H3. The number of aromatic nitrogens is 4. The van der Waals surface area contributed by atoms with Crippen molar-refractivity contribution in [3.8, 4) is 0 Å². The molecule has 18 heavy (non-hydrogen) atoms. The molecule has 0 saturated heterocycles. The van der Waals surface area contributed by atoms with Crippen molar-refractivity contribution < 1.29 is 0 Å². The van der Waals surface area contributed by atoms with Crippen LogP contribution in [0.2, 0.25) is 0 Å². The van der Waals surface area contributed by atoms with E-state index in [0.717, 1.165) is 23.8 Å². The molecule has 0 aliphatic carbocycles. The van der Waals surface area contributed by atoms with E-state index in [1.807, 2.05) is 23.9 Å². The van der Waals surface area contributed by atoms with E-state index in [1.54, 1.807) is 7.05 Å². The highest BCUT2D eigenvalue weighted by molar-refractivity contribution is 7.99. The highest BCUT2D eigenvalue weighted by Gasteiger charge is 2.19. The summed E-state index contributed by atoms with van der Waals surface area (Å²) in [4.78, 5) is 4.99. The second-order valence-electron chi connectivity index (χ2n) is 4.19. The first-order valence-corrected chi connectivity index (χ1v) is 6.71. The minimum atomic E-state index is 0.671. The molecule has 1 aromatic carbocycles. The van der Waals surface area contributed by atoms with Crippen molar-refractivity contribution in [1.82, 2.24) is 20.2 Å². The molecule has 0 bridgehead atoms. The Morgan fingerprint density at radius 1 is 1.44 bits per heavy atom. The summed E-state index contributed by atoms with van der Waals surface area (Å²) in [5, 5.41) is 12.1. The summed E-state index contributed by atoms with van der Waals surface area (Å²) in [5.41, 5.74) is 7.81. The lowest BCUT2D eigenvalue weighted by Gasteiger charge is -2.29. The van der Waals surface area contributed by atoms with Crippen LogP contribution < -0.4 is 10.6 Å². The fourth-order valence-electron chi connectivity index (χ4n) is 2.01. The number of anilines is 2. The van der Waals surface area contributed by atoms with Gasteiger partial charge >= 0.3 is 0 Å². The summed E-state index contributed by atoms with van der Waals surface area (Å²) in [5.74, 6) is 1.80. The average molecular weight is 262 g/mol. The number of nitrogens with zero attached hydrogens (tertiary/aromatic N) is 5. The molecule has 0 fully saturated rings. The fraction of sp³-hybridized carbons (Fsp3) is 0.364. The van der Waals surface area contributed by atoms with Crippen molar-refractivity contribution in [3.63, 3.8) is 0 Å². The van der Waals surface area contributed by atoms with Crippen LogP contribution in [-0.4, -0.2) is 32.5 Å². The first-order valence-electron chi connectivity index (χ1n) is 5.72. The molecule has 3 rings (SSSR count). The Morgan fingerprint density at radius 3 is 3.11 bits per heavy atom. The SMILES string of the molecule is Cn1nnc(CN2CCSc3ccc(N)cc32)n1. The van der Waals surface area contributed by atoms with Gasteiger partial charge in [-0.25, -0.2) is 0 Å². The summed E-state index contributed by atoms with van der Waals surface area (Å²) in [7, 11) is 1.77. The lowest BCUT2D eigenvalue weighted by Crippen LogP contribution is -2.29. The Balaban J connectivity index is 1.88. The number of fused-ring (bicyclic) bond motifs is 1. The first-order chi connectivity index (χ1) is 8.72. The van der Waals surface area contributed by atoms with Gasteiger partial charge in [-0.2, -0.15) is 4.80 Å². The van der Waals surface area contributed by atoms with Crippen molar-refractivity contribution in [2.45, 2.75) is 11.4 Å². The van der Waals surface area contributed by atoms with E-state index in [1.165, 1.54) is 15.4 Å². The Bertz CT molecular complexity index is 566. The summed E-state index contributed by atoms with van der Waals surface area (Å²) in [6.07, 6.45) is 0. The summed E-state index contributed by atoms with van der Waals surface area (Å²) in [6.45, 7) is 1.64. The number of rotatable bonds is 2. The largest absolute Gasteiger partial charge is 0.399 e. The highest BCUT2D eigenvalue weighted by atomic mass is 32.2. The third-order valence-corrected chi connectivity index (χ3v) is 3.87. The number of benzene rings is 1. The Kier molecular flexibility index (Phi) is 2.83. The number of thioether (sulfide) groups is 1. The predicted molar refractivity (Wildman–Crippen MR) is 71.4 cm³/mol. The highest BCUT2D eigenvalue weighted by Crippen LogP contribution is 2.36. The third kappa shape index (κ3) is 2.13.